The number of aliphatic hydroxyl groups is 1. The molecule has 1 aliphatic heterocycles. The monoisotopic (exact) mass is 1180 g/mol. The number of cyclic esters (lactones) is 2. The Kier molecular flexibility index (Phi) is 30.9. The summed E-state index contributed by atoms with van der Waals surface area (Å²) in [6, 6.07) is -6.78. The molecule has 0 radical (unpaired) electrons. The van der Waals surface area contributed by atoms with Crippen LogP contribution < -0.4 is 21.3 Å². The van der Waals surface area contributed by atoms with Crippen LogP contribution in [0.15, 0.2) is 18.5 Å². The first-order valence-electron chi connectivity index (χ1n) is 30.4. The van der Waals surface area contributed by atoms with Gasteiger partial charge in [-0.2, -0.15) is 0 Å². The first kappa shape index (κ1) is 74.3. The molecular formula is C61H108N12O11. The summed E-state index contributed by atoms with van der Waals surface area (Å²) < 4.78 is 5.49. The van der Waals surface area contributed by atoms with Crippen LogP contribution >= 0.6 is 0 Å². The van der Waals surface area contributed by atoms with Crippen molar-refractivity contribution in [1.29, 1.82) is 0 Å². The van der Waals surface area contributed by atoms with Crippen LogP contribution in [-0.2, 0) is 49.5 Å². The van der Waals surface area contributed by atoms with E-state index < -0.39 is 127 Å². The lowest BCUT2D eigenvalue weighted by Crippen LogP contribution is -2.62. The Morgan fingerprint density at radius 3 is 1.57 bits per heavy atom. The van der Waals surface area contributed by atoms with E-state index in [-0.39, 0.29) is 61.2 Å². The highest BCUT2D eigenvalue weighted by atomic mass is 16.6. The maximum atomic E-state index is 15.1. The molecule has 2 rings (SSSR count). The van der Waals surface area contributed by atoms with Crippen molar-refractivity contribution < 1.29 is 53.0 Å². The number of carbonyl (C=O) groups excluding carboxylic acids is 9. The zero-order valence-electron chi connectivity index (χ0n) is 54.7. The van der Waals surface area contributed by atoms with Crippen molar-refractivity contribution in [2.24, 2.45) is 41.4 Å². The number of hydrogen-bond donors (Lipinski definition) is 5. The highest BCUT2D eigenvalue weighted by Gasteiger charge is 2.43. The third-order valence-corrected chi connectivity index (χ3v) is 15.5. The van der Waals surface area contributed by atoms with Gasteiger partial charge in [-0.15, -0.1) is 0 Å². The Hall–Kier alpha value is -5.81. The van der Waals surface area contributed by atoms with Gasteiger partial charge in [0.2, 0.25) is 41.4 Å². The van der Waals surface area contributed by atoms with Gasteiger partial charge in [-0.05, 0) is 113 Å². The Balaban J connectivity index is 2.92. The number of nitrogens with one attached hydrogen (secondary N) is 4. The third-order valence-electron chi connectivity index (χ3n) is 15.5. The first-order valence-corrected chi connectivity index (χ1v) is 30.4. The molecule has 1 aromatic rings. The van der Waals surface area contributed by atoms with Gasteiger partial charge < -0.3 is 45.4 Å². The standard InChI is InChI=1S/C61H108N12O11/c1-35(2)28-44-57(79)73(21)53(40(11)12)59(81)70(18)47(33-41(13)24-22-25-48-62-26-23-27-63-48)56(78)67-52(43(15)74)58(80)68(16)34-51(75)69(17)45(29-36(3)4)55(77)66-50(32-39(9)10)72(20)49(31-38(7)8)64-42(14)60(82)84-61(83)71(19)46(30-37(5)6)54(76)65-44/h23,26-27,35-47,49-50,52-53,64,74H,22,24-25,28-34H2,1-21H3,(H,65,76)(H,66,77)(H,67,78)/t41-,42-,43-,44-,45+,46-,47?,49-,50+,52?,53?/m1/s1. The fourth-order valence-electron chi connectivity index (χ4n) is 10.6. The van der Waals surface area contributed by atoms with Crippen LogP contribution in [0.5, 0.6) is 0 Å². The quantitative estimate of drug-likeness (QED) is 0.0988. The number of ether oxygens (including phenoxy) is 1. The second-order valence-corrected chi connectivity index (χ2v) is 26.1. The van der Waals surface area contributed by atoms with Gasteiger partial charge >= 0.3 is 12.1 Å². The molecule has 2 heterocycles. The molecule has 3 unspecified atom stereocenters. The average Bonchev–Trinajstić information content (AvgIpc) is 3.51. The zero-order valence-corrected chi connectivity index (χ0v) is 54.7. The smallest absolute Gasteiger partial charge is 0.391 e. The number of aromatic nitrogens is 2. The lowest BCUT2D eigenvalue weighted by Gasteiger charge is -2.40. The van der Waals surface area contributed by atoms with Gasteiger partial charge in [0.15, 0.2) is 0 Å². The fraction of sp³-hybridized carbons (Fsp3) is 0.787. The van der Waals surface area contributed by atoms with Crippen LogP contribution in [0.3, 0.4) is 0 Å². The fourth-order valence-corrected chi connectivity index (χ4v) is 10.6. The molecular weight excluding hydrogens is 1080 g/mol. The van der Waals surface area contributed by atoms with Gasteiger partial charge in [-0.1, -0.05) is 96.4 Å². The minimum atomic E-state index is -1.59. The van der Waals surface area contributed by atoms with Gasteiger partial charge in [0.05, 0.1) is 25.0 Å². The van der Waals surface area contributed by atoms with Crippen molar-refractivity contribution in [2.75, 3.05) is 48.8 Å². The van der Waals surface area contributed by atoms with E-state index in [1.54, 1.807) is 39.2 Å². The van der Waals surface area contributed by atoms with Gasteiger partial charge in [0.25, 0.3) is 0 Å². The molecule has 1 saturated heterocycles. The molecule has 8 amide bonds. The van der Waals surface area contributed by atoms with Gasteiger partial charge in [0, 0.05) is 54.1 Å². The Morgan fingerprint density at radius 1 is 0.571 bits per heavy atom. The van der Waals surface area contributed by atoms with Crippen LogP contribution in [-0.4, -0.2) is 207 Å². The SMILES string of the molecule is CC(C)C[C@@H]1C(=O)N[C@H](CC(C)C)C(=O)N(C)C(C(C)C)C(=O)N(C)C(C[C@H](C)CCCc2ncccn2)C(=O)NC([C@@H](C)O)C(=O)N(C)CC(=O)N(C)[C@@H](CC(C)C)C(=O)N[C@H](CC(C)C)N(C)[C@H](CC(C)C)N[C@H](C)C(=O)OC(=O)N1C. The van der Waals surface area contributed by atoms with E-state index in [2.05, 4.69) is 31.2 Å². The summed E-state index contributed by atoms with van der Waals surface area (Å²) in [7, 11) is 8.93. The molecule has 1 aromatic heterocycles. The summed E-state index contributed by atoms with van der Waals surface area (Å²) in [6.07, 6.45) is 2.90. The van der Waals surface area contributed by atoms with Crippen LogP contribution in [0.4, 0.5) is 4.79 Å². The third kappa shape index (κ3) is 23.2. The normalized spacial score (nSPS) is 25.7. The highest BCUT2D eigenvalue weighted by molar-refractivity contribution is 5.97. The van der Waals surface area contributed by atoms with Crippen molar-refractivity contribution in [3.05, 3.63) is 24.3 Å². The number of rotatable bonds is 18. The zero-order chi connectivity index (χ0) is 64.2. The molecule has 478 valence electrons. The molecule has 84 heavy (non-hydrogen) atoms. The van der Waals surface area contributed by atoms with E-state index in [9.17, 15) is 43.5 Å². The summed E-state index contributed by atoms with van der Waals surface area (Å²) in [5.74, 6) is -5.75. The number of nitrogens with zero attached hydrogens (tertiary/aromatic N) is 8. The molecule has 0 saturated carbocycles. The van der Waals surface area contributed by atoms with Crippen LogP contribution in [0.2, 0.25) is 0 Å². The second-order valence-electron chi connectivity index (χ2n) is 26.1. The Bertz CT molecular complexity index is 2300. The summed E-state index contributed by atoms with van der Waals surface area (Å²) in [4.78, 5) is 148. The van der Waals surface area contributed by atoms with Gasteiger partial charge in [-0.3, -0.25) is 48.7 Å². The van der Waals surface area contributed by atoms with E-state index in [0.29, 0.717) is 37.9 Å². The Labute approximate surface area is 502 Å². The molecule has 0 spiro atoms. The van der Waals surface area contributed by atoms with Gasteiger partial charge in [0.1, 0.15) is 48.1 Å². The summed E-state index contributed by atoms with van der Waals surface area (Å²) >= 11 is 0. The minimum Gasteiger partial charge on any atom is -0.391 e. The maximum Gasteiger partial charge on any atom is 0.417 e. The van der Waals surface area contributed by atoms with E-state index >= 15 is 4.79 Å². The minimum absolute atomic E-state index is 0.0633. The molecule has 0 aromatic carbocycles. The van der Waals surface area contributed by atoms with Crippen molar-refractivity contribution in [3.63, 3.8) is 0 Å². The number of esters is 1. The van der Waals surface area contributed by atoms with E-state index in [0.717, 1.165) is 9.80 Å². The molecule has 5 N–H and O–H groups in total. The summed E-state index contributed by atoms with van der Waals surface area (Å²) in [5, 5.41) is 23.4. The summed E-state index contributed by atoms with van der Waals surface area (Å²) in [6.45, 7) is 27.1. The number of likely N-dealkylation sites (N-methyl/N-ethyl adjacent to an activating group) is 5. The molecule has 1 aliphatic rings. The summed E-state index contributed by atoms with van der Waals surface area (Å²) in [5.41, 5.74) is 0. The van der Waals surface area contributed by atoms with Crippen molar-refractivity contribution >= 4 is 53.4 Å². The molecule has 23 heteroatoms. The van der Waals surface area contributed by atoms with Gasteiger partial charge in [-0.25, -0.2) is 19.6 Å². The molecule has 0 bridgehead atoms. The van der Waals surface area contributed by atoms with E-state index in [1.807, 2.05) is 88.1 Å². The number of amides is 8. The lowest BCUT2D eigenvalue weighted by atomic mass is 9.93. The van der Waals surface area contributed by atoms with Crippen LogP contribution in [0.25, 0.3) is 0 Å². The van der Waals surface area contributed by atoms with E-state index in [4.69, 9.17) is 4.74 Å². The van der Waals surface area contributed by atoms with Crippen LogP contribution in [0, 0.1) is 41.4 Å². The average molecular weight is 1190 g/mol. The number of carbonyl (C=O) groups is 9. The topological polar surface area (TPSA) is 276 Å². The molecule has 1 fully saturated rings. The number of aryl methyl sites for hydroxylation is 1. The molecule has 23 nitrogen and oxygen atoms in total. The molecule has 0 aliphatic carbocycles. The largest absolute Gasteiger partial charge is 0.417 e. The highest BCUT2D eigenvalue weighted by Crippen LogP contribution is 2.24. The Morgan fingerprint density at radius 2 is 1.06 bits per heavy atom. The number of hydrogen-bond acceptors (Lipinski definition) is 15. The first-order chi connectivity index (χ1) is 39.0. The maximum absolute atomic E-state index is 15.1. The molecule has 11 atom stereocenters. The lowest BCUT2D eigenvalue weighted by molar-refractivity contribution is -0.152. The van der Waals surface area contributed by atoms with E-state index in [1.165, 1.54) is 56.9 Å². The predicted octanol–water partition coefficient (Wildman–Crippen LogP) is 4.66. The predicted molar refractivity (Wildman–Crippen MR) is 323 cm³/mol. The number of aliphatic hydroxyl groups excluding tert-OH is 1. The van der Waals surface area contributed by atoms with Crippen molar-refractivity contribution in [3.8, 4) is 0 Å². The van der Waals surface area contributed by atoms with Crippen LogP contribution in [0.1, 0.15) is 161 Å². The van der Waals surface area contributed by atoms with Crippen molar-refractivity contribution in [2.45, 2.75) is 222 Å². The van der Waals surface area contributed by atoms with Crippen molar-refractivity contribution in [1.82, 2.24) is 60.6 Å². The second kappa shape index (κ2) is 35.0.